The largest absolute Gasteiger partial charge is 0.481 e. The number of hydrogen-bond acceptors (Lipinski definition) is 4. The Balaban J connectivity index is 1.73. The van der Waals surface area contributed by atoms with Crippen molar-refractivity contribution in [2.24, 2.45) is 0 Å². The molecule has 0 aromatic heterocycles. The predicted octanol–water partition coefficient (Wildman–Crippen LogP) is 1.12. The van der Waals surface area contributed by atoms with Gasteiger partial charge in [-0.2, -0.15) is 0 Å². The third kappa shape index (κ3) is 4.42. The maximum atomic E-state index is 12.1. The maximum absolute atomic E-state index is 12.1. The van der Waals surface area contributed by atoms with Crippen LogP contribution in [0.2, 0.25) is 0 Å². The normalized spacial score (nSPS) is 24.5. The summed E-state index contributed by atoms with van der Waals surface area (Å²) in [7, 11) is 0. The molecule has 7 nitrogen and oxygen atoms in total. The van der Waals surface area contributed by atoms with Crippen LogP contribution < -0.4 is 5.32 Å². The topological polar surface area (TPSA) is 95.9 Å². The quantitative estimate of drug-likeness (QED) is 0.741. The number of aliphatic carboxylic acids is 1. The first kappa shape index (κ1) is 15.8. The first-order valence-corrected chi connectivity index (χ1v) is 7.52. The molecule has 0 bridgehead atoms. The third-order valence-electron chi connectivity index (χ3n) is 4.03. The van der Waals surface area contributed by atoms with Crippen molar-refractivity contribution in [3.63, 3.8) is 0 Å². The van der Waals surface area contributed by atoms with Gasteiger partial charge in [0.05, 0.1) is 18.8 Å². The van der Waals surface area contributed by atoms with Gasteiger partial charge < -0.3 is 14.7 Å². The van der Waals surface area contributed by atoms with Crippen molar-refractivity contribution in [1.82, 2.24) is 10.2 Å². The van der Waals surface area contributed by atoms with E-state index in [0.717, 1.165) is 19.3 Å². The van der Waals surface area contributed by atoms with Crippen LogP contribution in [0.25, 0.3) is 0 Å². The number of carboxylic acids is 1. The molecule has 1 heterocycles. The second-order valence-electron chi connectivity index (χ2n) is 5.56. The fraction of sp³-hybridized carbons (Fsp3) is 0.786. The van der Waals surface area contributed by atoms with Gasteiger partial charge in [-0.3, -0.25) is 14.9 Å². The third-order valence-corrected chi connectivity index (χ3v) is 4.03. The van der Waals surface area contributed by atoms with Gasteiger partial charge in [0, 0.05) is 19.4 Å². The maximum Gasteiger partial charge on any atom is 0.324 e. The Morgan fingerprint density at radius 1 is 1.19 bits per heavy atom. The van der Waals surface area contributed by atoms with E-state index in [4.69, 9.17) is 9.84 Å². The number of amides is 3. The first-order chi connectivity index (χ1) is 10.1. The number of carboxylic acid groups (broad SMARTS) is 1. The molecule has 2 rings (SSSR count). The molecule has 0 radical (unpaired) electrons. The first-order valence-electron chi connectivity index (χ1n) is 7.52. The SMILES string of the molecule is O=C(O)CCCCC(=O)NC(=O)N1CCOC2CCCC21. The average molecular weight is 298 g/mol. The van der Waals surface area contributed by atoms with Gasteiger partial charge in [0.25, 0.3) is 0 Å². The van der Waals surface area contributed by atoms with Crippen molar-refractivity contribution < 1.29 is 24.2 Å². The molecule has 21 heavy (non-hydrogen) atoms. The molecule has 2 atom stereocenters. The van der Waals surface area contributed by atoms with Crippen LogP contribution in [-0.2, 0) is 14.3 Å². The number of nitrogens with one attached hydrogen (secondary N) is 1. The smallest absolute Gasteiger partial charge is 0.324 e. The number of fused-ring (bicyclic) bond motifs is 1. The van der Waals surface area contributed by atoms with Crippen LogP contribution in [0.1, 0.15) is 44.9 Å². The second kappa shape index (κ2) is 7.40. The molecule has 1 aliphatic heterocycles. The van der Waals surface area contributed by atoms with E-state index in [2.05, 4.69) is 5.32 Å². The van der Waals surface area contributed by atoms with Crippen LogP contribution in [0, 0.1) is 0 Å². The number of carbonyl (C=O) groups excluding carboxylic acids is 2. The Hall–Kier alpha value is -1.63. The number of rotatable bonds is 5. The zero-order valence-electron chi connectivity index (χ0n) is 12.0. The number of unbranched alkanes of at least 4 members (excludes halogenated alkanes) is 1. The molecule has 3 amide bonds. The minimum absolute atomic E-state index is 0.0500. The number of ether oxygens (including phenoxy) is 1. The van der Waals surface area contributed by atoms with Crippen molar-refractivity contribution in [2.45, 2.75) is 57.1 Å². The highest BCUT2D eigenvalue weighted by atomic mass is 16.5. The van der Waals surface area contributed by atoms with Crippen molar-refractivity contribution in [1.29, 1.82) is 0 Å². The van der Waals surface area contributed by atoms with Gasteiger partial charge in [-0.15, -0.1) is 0 Å². The number of urea groups is 1. The molecule has 2 aliphatic rings. The summed E-state index contributed by atoms with van der Waals surface area (Å²) in [5.41, 5.74) is 0. The van der Waals surface area contributed by atoms with Crippen molar-refractivity contribution >= 4 is 17.9 Å². The van der Waals surface area contributed by atoms with E-state index in [0.29, 0.717) is 26.0 Å². The van der Waals surface area contributed by atoms with Gasteiger partial charge in [-0.05, 0) is 32.1 Å². The van der Waals surface area contributed by atoms with Crippen LogP contribution in [-0.4, -0.2) is 53.2 Å². The lowest BCUT2D eigenvalue weighted by Crippen LogP contribution is -2.55. The van der Waals surface area contributed by atoms with Gasteiger partial charge in [0.2, 0.25) is 5.91 Å². The Labute approximate surface area is 123 Å². The zero-order valence-corrected chi connectivity index (χ0v) is 12.0. The van der Waals surface area contributed by atoms with Crippen molar-refractivity contribution in [2.75, 3.05) is 13.2 Å². The molecule has 2 fully saturated rings. The molecular weight excluding hydrogens is 276 g/mol. The average Bonchev–Trinajstić information content (AvgIpc) is 2.91. The van der Waals surface area contributed by atoms with E-state index in [9.17, 15) is 14.4 Å². The standard InChI is InChI=1S/C14H22N2O5/c17-12(6-1-2-7-13(18)19)15-14(20)16-8-9-21-11-5-3-4-10(11)16/h10-11H,1-9H2,(H,18,19)(H,15,17,20). The summed E-state index contributed by atoms with van der Waals surface area (Å²) in [5, 5.41) is 10.9. The molecule has 1 aliphatic carbocycles. The Kier molecular flexibility index (Phi) is 5.55. The molecule has 7 heteroatoms. The predicted molar refractivity (Wildman–Crippen MR) is 73.7 cm³/mol. The van der Waals surface area contributed by atoms with Gasteiger partial charge in [-0.1, -0.05) is 0 Å². The van der Waals surface area contributed by atoms with Gasteiger partial charge in [0.1, 0.15) is 0 Å². The highest BCUT2D eigenvalue weighted by Gasteiger charge is 2.38. The highest BCUT2D eigenvalue weighted by Crippen LogP contribution is 2.29. The fourth-order valence-corrected chi connectivity index (χ4v) is 2.99. The molecule has 0 aromatic rings. The second-order valence-corrected chi connectivity index (χ2v) is 5.56. The molecule has 118 valence electrons. The van der Waals surface area contributed by atoms with E-state index in [1.54, 1.807) is 4.90 Å². The van der Waals surface area contributed by atoms with E-state index in [-0.39, 0.29) is 36.9 Å². The minimum atomic E-state index is -0.868. The Bertz CT molecular complexity index is 412. The Morgan fingerprint density at radius 2 is 1.95 bits per heavy atom. The van der Waals surface area contributed by atoms with Crippen LogP contribution >= 0.6 is 0 Å². The lowest BCUT2D eigenvalue weighted by atomic mass is 10.1. The molecule has 1 saturated carbocycles. The van der Waals surface area contributed by atoms with Crippen molar-refractivity contribution in [3.8, 4) is 0 Å². The fourth-order valence-electron chi connectivity index (χ4n) is 2.99. The molecule has 1 saturated heterocycles. The summed E-state index contributed by atoms with van der Waals surface area (Å²) >= 11 is 0. The zero-order chi connectivity index (χ0) is 15.2. The molecule has 2 N–H and O–H groups in total. The number of morpholine rings is 1. The summed E-state index contributed by atoms with van der Waals surface area (Å²) < 4.78 is 5.63. The lowest BCUT2D eigenvalue weighted by Gasteiger charge is -2.37. The van der Waals surface area contributed by atoms with E-state index < -0.39 is 5.97 Å². The summed E-state index contributed by atoms with van der Waals surface area (Å²) in [6, 6.07) is -0.267. The molecule has 0 aromatic carbocycles. The Morgan fingerprint density at radius 3 is 2.71 bits per heavy atom. The summed E-state index contributed by atoms with van der Waals surface area (Å²) in [6.07, 6.45) is 4.19. The van der Waals surface area contributed by atoms with Crippen molar-refractivity contribution in [3.05, 3.63) is 0 Å². The summed E-state index contributed by atoms with van der Waals surface area (Å²) in [5.74, 6) is -1.21. The molecule has 2 unspecified atom stereocenters. The summed E-state index contributed by atoms with van der Waals surface area (Å²) in [4.78, 5) is 35.9. The van der Waals surface area contributed by atoms with Gasteiger partial charge in [0.15, 0.2) is 0 Å². The lowest BCUT2D eigenvalue weighted by molar-refractivity contribution is -0.137. The number of hydrogen-bond donors (Lipinski definition) is 2. The molecule has 0 spiro atoms. The number of imide groups is 1. The van der Waals surface area contributed by atoms with Crippen LogP contribution in [0.3, 0.4) is 0 Å². The number of nitrogens with zero attached hydrogens (tertiary/aromatic N) is 1. The minimum Gasteiger partial charge on any atom is -0.481 e. The van der Waals surface area contributed by atoms with Crippen LogP contribution in [0.5, 0.6) is 0 Å². The van der Waals surface area contributed by atoms with E-state index >= 15 is 0 Å². The van der Waals surface area contributed by atoms with Gasteiger partial charge in [-0.25, -0.2) is 4.79 Å². The summed E-state index contributed by atoms with van der Waals surface area (Å²) in [6.45, 7) is 1.03. The molecular formula is C14H22N2O5. The number of carbonyl (C=O) groups is 3. The van der Waals surface area contributed by atoms with Gasteiger partial charge >= 0.3 is 12.0 Å². The highest BCUT2D eigenvalue weighted by molar-refractivity contribution is 5.94. The van der Waals surface area contributed by atoms with Crippen LogP contribution in [0.4, 0.5) is 4.79 Å². The monoisotopic (exact) mass is 298 g/mol. The van der Waals surface area contributed by atoms with Crippen LogP contribution in [0.15, 0.2) is 0 Å². The van der Waals surface area contributed by atoms with E-state index in [1.165, 1.54) is 0 Å². The van der Waals surface area contributed by atoms with E-state index in [1.807, 2.05) is 0 Å².